The fourth-order valence-electron chi connectivity index (χ4n) is 3.95. The Balaban J connectivity index is 1.46. The predicted molar refractivity (Wildman–Crippen MR) is 127 cm³/mol. The molecule has 10 heteroatoms. The summed E-state index contributed by atoms with van der Waals surface area (Å²) in [6, 6.07) is 10.6. The number of aromatic nitrogens is 3. The Bertz CT molecular complexity index is 1140. The molecule has 0 radical (unpaired) electrons. The molecule has 0 N–H and O–H groups in total. The number of likely N-dealkylation sites (tertiary alicyclic amines) is 1. The maximum Gasteiger partial charge on any atom is 0.261 e. The van der Waals surface area contributed by atoms with Gasteiger partial charge in [0.1, 0.15) is 11.8 Å². The van der Waals surface area contributed by atoms with Crippen molar-refractivity contribution in [2.45, 2.75) is 25.3 Å². The molecule has 0 saturated carbocycles. The quantitative estimate of drug-likeness (QED) is 0.461. The topological polar surface area (TPSA) is 111 Å². The van der Waals surface area contributed by atoms with Crippen LogP contribution in [0.4, 0.5) is 0 Å². The fourth-order valence-corrected chi connectivity index (χ4v) is 3.95. The lowest BCUT2D eigenvalue weighted by atomic mass is 10.0. The number of amides is 2. The summed E-state index contributed by atoms with van der Waals surface area (Å²) in [5.74, 6) is 1.01. The number of likely N-dealkylation sites (N-methyl/N-ethyl adjacent to an activating group) is 1. The lowest BCUT2D eigenvalue weighted by Crippen LogP contribution is -2.41. The van der Waals surface area contributed by atoms with Crippen LogP contribution in [-0.4, -0.2) is 77.2 Å². The number of carbonyl (C=O) groups excluding carboxylic acids is 2. The molecule has 1 aromatic carbocycles. The Labute approximate surface area is 203 Å². The Hall–Kier alpha value is -3.79. The van der Waals surface area contributed by atoms with E-state index in [1.807, 2.05) is 30.3 Å². The van der Waals surface area contributed by atoms with Crippen LogP contribution < -0.4 is 4.74 Å². The number of carbonyl (C=O) groups is 2. The molecule has 1 aliphatic rings. The van der Waals surface area contributed by atoms with Gasteiger partial charge in [-0.05, 0) is 37.5 Å². The van der Waals surface area contributed by atoms with Crippen molar-refractivity contribution in [1.82, 2.24) is 24.9 Å². The van der Waals surface area contributed by atoms with Crippen molar-refractivity contribution < 1.29 is 23.6 Å². The molecule has 0 spiro atoms. The molecule has 3 aromatic rings. The molecule has 1 aliphatic heterocycles. The van der Waals surface area contributed by atoms with E-state index in [0.29, 0.717) is 48.3 Å². The summed E-state index contributed by atoms with van der Waals surface area (Å²) in [5.41, 5.74) is 0.979. The van der Waals surface area contributed by atoms with Gasteiger partial charge in [0, 0.05) is 45.2 Å². The maximum atomic E-state index is 12.9. The molecular formula is C25H29N5O5. The number of hydrogen-bond donors (Lipinski definition) is 0. The Morgan fingerprint density at radius 3 is 2.83 bits per heavy atom. The number of para-hydroxylation sites is 1. The Kier molecular flexibility index (Phi) is 8.04. The minimum Gasteiger partial charge on any atom is -0.484 e. The van der Waals surface area contributed by atoms with Crippen LogP contribution in [0.5, 0.6) is 5.75 Å². The summed E-state index contributed by atoms with van der Waals surface area (Å²) in [6.45, 7) is 1.44. The van der Waals surface area contributed by atoms with Gasteiger partial charge in [0.15, 0.2) is 6.61 Å². The van der Waals surface area contributed by atoms with E-state index in [-0.39, 0.29) is 24.5 Å². The van der Waals surface area contributed by atoms with Crippen LogP contribution in [0, 0.1) is 0 Å². The summed E-state index contributed by atoms with van der Waals surface area (Å²) in [5, 5.41) is 4.10. The minimum absolute atomic E-state index is 0.0633. The molecule has 2 aromatic heterocycles. The van der Waals surface area contributed by atoms with Crippen molar-refractivity contribution in [1.29, 1.82) is 0 Å². The smallest absolute Gasteiger partial charge is 0.261 e. The highest BCUT2D eigenvalue weighted by Gasteiger charge is 2.32. The predicted octanol–water partition coefficient (Wildman–Crippen LogP) is 2.98. The number of hydrogen-bond acceptors (Lipinski definition) is 8. The first-order chi connectivity index (χ1) is 17.1. The van der Waals surface area contributed by atoms with Crippen molar-refractivity contribution in [3.8, 4) is 17.1 Å². The van der Waals surface area contributed by atoms with Gasteiger partial charge in [0.05, 0.1) is 12.2 Å². The van der Waals surface area contributed by atoms with Gasteiger partial charge in [-0.2, -0.15) is 4.98 Å². The maximum absolute atomic E-state index is 12.9. The number of rotatable bonds is 9. The van der Waals surface area contributed by atoms with E-state index < -0.39 is 0 Å². The summed E-state index contributed by atoms with van der Waals surface area (Å²) in [7, 11) is 3.29. The van der Waals surface area contributed by atoms with Crippen molar-refractivity contribution >= 4 is 11.8 Å². The SMILES string of the molecule is COCCN(C)C(=O)c1cncc(-c2noc([C@H]3CCCCN3C(=O)COc3ccccc3)n2)c1. The standard InChI is InChI=1S/C25H29N5O5/c1-29(12-13-33-2)25(32)19-14-18(15-26-16-19)23-27-24(35-28-23)21-10-6-7-11-30(21)22(31)17-34-20-8-4-3-5-9-20/h3-5,8-9,14-16,21H,6-7,10-13,17H2,1-2H3/t21-/m1/s1. The fraction of sp³-hybridized carbons (Fsp3) is 0.400. The van der Waals surface area contributed by atoms with Crippen molar-refractivity contribution in [2.24, 2.45) is 0 Å². The zero-order valence-electron chi connectivity index (χ0n) is 19.9. The van der Waals surface area contributed by atoms with Gasteiger partial charge < -0.3 is 23.8 Å². The molecule has 1 saturated heterocycles. The van der Waals surface area contributed by atoms with E-state index in [0.717, 1.165) is 19.3 Å². The number of ether oxygens (including phenoxy) is 2. The van der Waals surface area contributed by atoms with Crippen molar-refractivity contribution in [3.05, 3.63) is 60.2 Å². The third kappa shape index (κ3) is 6.02. The van der Waals surface area contributed by atoms with Crippen molar-refractivity contribution in [3.63, 3.8) is 0 Å². The highest BCUT2D eigenvalue weighted by atomic mass is 16.5. The molecule has 4 rings (SSSR count). The van der Waals surface area contributed by atoms with Crippen molar-refractivity contribution in [2.75, 3.05) is 40.5 Å². The second-order valence-corrected chi connectivity index (χ2v) is 8.34. The Morgan fingerprint density at radius 2 is 2.03 bits per heavy atom. The number of benzene rings is 1. The first-order valence-electron chi connectivity index (χ1n) is 11.6. The molecule has 1 atom stereocenters. The van der Waals surface area contributed by atoms with Crippen LogP contribution in [0.1, 0.15) is 41.6 Å². The zero-order chi connectivity index (χ0) is 24.6. The summed E-state index contributed by atoms with van der Waals surface area (Å²) in [6.07, 6.45) is 5.66. The van der Waals surface area contributed by atoms with Crippen LogP contribution in [0.15, 0.2) is 53.3 Å². The van der Waals surface area contributed by atoms with Gasteiger partial charge in [-0.25, -0.2) is 0 Å². The molecular weight excluding hydrogens is 450 g/mol. The van der Waals surface area contributed by atoms with Crippen LogP contribution in [-0.2, 0) is 9.53 Å². The first kappa shape index (κ1) is 24.3. The molecule has 35 heavy (non-hydrogen) atoms. The molecule has 0 unspecified atom stereocenters. The van der Waals surface area contributed by atoms with Gasteiger partial charge in [0.25, 0.3) is 11.8 Å². The Morgan fingerprint density at radius 1 is 1.20 bits per heavy atom. The highest BCUT2D eigenvalue weighted by Crippen LogP contribution is 2.31. The van der Waals surface area contributed by atoms with Crippen LogP contribution in [0.3, 0.4) is 0 Å². The molecule has 3 heterocycles. The van der Waals surface area contributed by atoms with E-state index in [2.05, 4.69) is 15.1 Å². The molecule has 184 valence electrons. The zero-order valence-corrected chi connectivity index (χ0v) is 19.9. The van der Waals surface area contributed by atoms with E-state index in [9.17, 15) is 9.59 Å². The highest BCUT2D eigenvalue weighted by molar-refractivity contribution is 5.94. The van der Waals surface area contributed by atoms with Crippen LogP contribution in [0.25, 0.3) is 11.4 Å². The average molecular weight is 480 g/mol. The van der Waals surface area contributed by atoms with E-state index in [1.54, 1.807) is 36.2 Å². The van der Waals surface area contributed by atoms with Gasteiger partial charge in [-0.3, -0.25) is 14.6 Å². The second kappa shape index (κ2) is 11.6. The molecule has 10 nitrogen and oxygen atoms in total. The monoisotopic (exact) mass is 479 g/mol. The second-order valence-electron chi connectivity index (χ2n) is 8.34. The number of methoxy groups -OCH3 is 1. The molecule has 2 amide bonds. The number of nitrogens with zero attached hydrogens (tertiary/aromatic N) is 5. The van der Waals surface area contributed by atoms with Crippen LogP contribution in [0.2, 0.25) is 0 Å². The first-order valence-corrected chi connectivity index (χ1v) is 11.6. The summed E-state index contributed by atoms with van der Waals surface area (Å²) in [4.78, 5) is 37.7. The minimum atomic E-state index is -0.324. The lowest BCUT2D eigenvalue weighted by molar-refractivity contribution is -0.138. The third-order valence-electron chi connectivity index (χ3n) is 5.88. The molecule has 0 bridgehead atoms. The molecule has 0 aliphatic carbocycles. The van der Waals surface area contributed by atoms with Gasteiger partial charge in [0.2, 0.25) is 11.7 Å². The van der Waals surface area contributed by atoms with Gasteiger partial charge in [-0.15, -0.1) is 0 Å². The molecule has 1 fully saturated rings. The normalized spacial score (nSPS) is 15.6. The van der Waals surface area contributed by atoms with Gasteiger partial charge in [-0.1, -0.05) is 23.4 Å². The van der Waals surface area contributed by atoms with E-state index >= 15 is 0 Å². The van der Waals surface area contributed by atoms with E-state index in [4.69, 9.17) is 14.0 Å². The number of piperidine rings is 1. The average Bonchev–Trinajstić information content (AvgIpc) is 3.41. The third-order valence-corrected chi connectivity index (χ3v) is 5.88. The lowest BCUT2D eigenvalue weighted by Gasteiger charge is -2.33. The van der Waals surface area contributed by atoms with E-state index in [1.165, 1.54) is 6.20 Å². The largest absolute Gasteiger partial charge is 0.484 e. The van der Waals surface area contributed by atoms with Crippen LogP contribution >= 0.6 is 0 Å². The summed E-state index contributed by atoms with van der Waals surface area (Å²) < 4.78 is 16.3. The number of pyridine rings is 1. The summed E-state index contributed by atoms with van der Waals surface area (Å²) >= 11 is 0. The van der Waals surface area contributed by atoms with Gasteiger partial charge >= 0.3 is 0 Å².